The number of hydrogen-bond donors (Lipinski definition) is 0. The summed E-state index contributed by atoms with van der Waals surface area (Å²) >= 11 is 7.09. The number of hydrogen-bond acceptors (Lipinski definition) is 3. The topological polar surface area (TPSA) is 44.1 Å². The minimum Gasteiger partial charge on any atom is -0.491 e. The zero-order valence-electron chi connectivity index (χ0n) is 13.6. The lowest BCUT2D eigenvalue weighted by Gasteiger charge is -2.11. The Morgan fingerprint density at radius 1 is 1.16 bits per heavy atom. The zero-order valence-corrected chi connectivity index (χ0v) is 16.7. The Bertz CT molecular complexity index is 869. The third-order valence-electron chi connectivity index (χ3n) is 3.61. The number of benzene rings is 2. The molecule has 0 fully saturated rings. The van der Waals surface area contributed by atoms with E-state index in [9.17, 15) is 4.79 Å². The number of aromatic nitrogens is 2. The van der Waals surface area contributed by atoms with Crippen LogP contribution in [0.25, 0.3) is 16.9 Å². The largest absolute Gasteiger partial charge is 0.491 e. The molecular formula is C19H16Br2N2O2. The van der Waals surface area contributed by atoms with Crippen molar-refractivity contribution in [1.82, 2.24) is 9.78 Å². The van der Waals surface area contributed by atoms with Gasteiger partial charge in [0.1, 0.15) is 11.4 Å². The summed E-state index contributed by atoms with van der Waals surface area (Å²) < 4.78 is 9.09. The Morgan fingerprint density at radius 3 is 2.44 bits per heavy atom. The highest BCUT2D eigenvalue weighted by atomic mass is 79.9. The van der Waals surface area contributed by atoms with Crippen LogP contribution in [0.4, 0.5) is 0 Å². The summed E-state index contributed by atoms with van der Waals surface area (Å²) in [5.74, 6) is 0.751. The fraction of sp³-hybridized carbons (Fsp3) is 0.158. The van der Waals surface area contributed by atoms with Crippen molar-refractivity contribution in [1.29, 1.82) is 0 Å². The maximum Gasteiger partial charge on any atom is 0.153 e. The van der Waals surface area contributed by atoms with Crippen LogP contribution in [0.3, 0.4) is 0 Å². The summed E-state index contributed by atoms with van der Waals surface area (Å²) in [4.78, 5) is 11.5. The fourth-order valence-electron chi connectivity index (χ4n) is 2.45. The van der Waals surface area contributed by atoms with Crippen molar-refractivity contribution in [2.75, 3.05) is 6.61 Å². The molecule has 6 heteroatoms. The molecular weight excluding hydrogens is 448 g/mol. The molecule has 0 bridgehead atoms. The highest BCUT2D eigenvalue weighted by Gasteiger charge is 2.16. The number of para-hydroxylation sites is 1. The van der Waals surface area contributed by atoms with Crippen molar-refractivity contribution < 1.29 is 9.53 Å². The van der Waals surface area contributed by atoms with E-state index in [0.29, 0.717) is 17.9 Å². The molecule has 0 aliphatic rings. The van der Waals surface area contributed by atoms with E-state index in [1.165, 1.54) is 0 Å². The molecule has 0 radical (unpaired) electrons. The molecule has 0 aliphatic heterocycles. The van der Waals surface area contributed by atoms with Gasteiger partial charge in [0.25, 0.3) is 0 Å². The van der Waals surface area contributed by atoms with Gasteiger partial charge in [-0.1, -0.05) is 25.1 Å². The molecule has 3 aromatic rings. The number of nitrogens with zero attached hydrogens (tertiary/aromatic N) is 2. The van der Waals surface area contributed by atoms with E-state index in [-0.39, 0.29) is 0 Å². The van der Waals surface area contributed by atoms with Crippen molar-refractivity contribution in [2.24, 2.45) is 0 Å². The van der Waals surface area contributed by atoms with Gasteiger partial charge in [-0.05, 0) is 62.5 Å². The molecule has 3 rings (SSSR count). The van der Waals surface area contributed by atoms with Crippen LogP contribution in [0.15, 0.2) is 57.6 Å². The maximum atomic E-state index is 11.5. The van der Waals surface area contributed by atoms with Crippen molar-refractivity contribution in [2.45, 2.75) is 13.3 Å². The van der Waals surface area contributed by atoms with Crippen molar-refractivity contribution in [3.05, 3.63) is 63.2 Å². The van der Waals surface area contributed by atoms with Crippen molar-refractivity contribution >= 4 is 38.1 Å². The summed E-state index contributed by atoms with van der Waals surface area (Å²) in [6, 6.07) is 13.5. The van der Waals surface area contributed by atoms with Crippen molar-refractivity contribution in [3.8, 4) is 22.7 Å². The van der Waals surface area contributed by atoms with Crippen LogP contribution in [0, 0.1) is 0 Å². The van der Waals surface area contributed by atoms with Crippen LogP contribution in [0.5, 0.6) is 5.75 Å². The lowest BCUT2D eigenvalue weighted by atomic mass is 10.1. The Morgan fingerprint density at radius 2 is 1.84 bits per heavy atom. The molecule has 4 nitrogen and oxygen atoms in total. The Balaban J connectivity index is 2.04. The zero-order chi connectivity index (χ0) is 17.8. The van der Waals surface area contributed by atoms with Gasteiger partial charge in [-0.15, -0.1) is 0 Å². The third kappa shape index (κ3) is 3.85. The SMILES string of the molecule is CCCOc1c(Br)cc(-c2nn(-c3ccccc3)cc2C=O)cc1Br. The van der Waals surface area contributed by atoms with E-state index < -0.39 is 0 Å². The summed E-state index contributed by atoms with van der Waals surface area (Å²) in [5.41, 5.74) is 2.89. The molecule has 1 aromatic heterocycles. The highest BCUT2D eigenvalue weighted by molar-refractivity contribution is 9.11. The molecule has 0 aliphatic carbocycles. The summed E-state index contributed by atoms with van der Waals surface area (Å²) in [6.45, 7) is 2.70. The number of ether oxygens (including phenoxy) is 1. The van der Waals surface area contributed by atoms with Crippen LogP contribution >= 0.6 is 31.9 Å². The molecule has 25 heavy (non-hydrogen) atoms. The van der Waals surface area contributed by atoms with E-state index in [4.69, 9.17) is 4.74 Å². The standard InChI is InChI=1S/C19H16Br2N2O2/c1-2-8-25-19-16(20)9-13(10-17(19)21)18-14(12-24)11-23(22-18)15-6-4-3-5-7-15/h3-7,9-12H,2,8H2,1H3. The van der Waals surface area contributed by atoms with Crippen molar-refractivity contribution in [3.63, 3.8) is 0 Å². The van der Waals surface area contributed by atoms with Gasteiger partial charge in [0.15, 0.2) is 6.29 Å². The minimum atomic E-state index is 0.532. The van der Waals surface area contributed by atoms with E-state index in [2.05, 4.69) is 43.9 Å². The fourth-order valence-corrected chi connectivity index (χ4v) is 3.86. The smallest absolute Gasteiger partial charge is 0.153 e. The first-order valence-electron chi connectivity index (χ1n) is 7.86. The second-order valence-corrected chi connectivity index (χ2v) is 7.16. The van der Waals surface area contributed by atoms with E-state index in [0.717, 1.165) is 38.7 Å². The van der Waals surface area contributed by atoms with Crippen LogP contribution < -0.4 is 4.74 Å². The molecule has 128 valence electrons. The summed E-state index contributed by atoms with van der Waals surface area (Å²) in [6.07, 6.45) is 3.49. The number of carbonyl (C=O) groups excluding carboxylic acids is 1. The average molecular weight is 464 g/mol. The van der Waals surface area contributed by atoms with Gasteiger partial charge < -0.3 is 4.74 Å². The Labute approximate surface area is 163 Å². The number of rotatable bonds is 6. The number of aldehydes is 1. The molecule has 0 unspecified atom stereocenters. The van der Waals surface area contributed by atoms with Crippen LogP contribution in [0.2, 0.25) is 0 Å². The van der Waals surface area contributed by atoms with Gasteiger partial charge in [-0.25, -0.2) is 4.68 Å². The Hall–Kier alpha value is -1.92. The van der Waals surface area contributed by atoms with Gasteiger partial charge in [0.2, 0.25) is 0 Å². The highest BCUT2D eigenvalue weighted by Crippen LogP contribution is 2.38. The molecule has 0 amide bonds. The number of carbonyl (C=O) groups is 1. The van der Waals surface area contributed by atoms with Gasteiger partial charge in [0, 0.05) is 11.8 Å². The molecule has 0 atom stereocenters. The second kappa shape index (κ2) is 7.97. The average Bonchev–Trinajstić information content (AvgIpc) is 3.06. The van der Waals surface area contributed by atoms with Gasteiger partial charge in [-0.3, -0.25) is 4.79 Å². The number of halogens is 2. The monoisotopic (exact) mass is 462 g/mol. The lowest BCUT2D eigenvalue weighted by molar-refractivity contribution is 0.112. The third-order valence-corrected chi connectivity index (χ3v) is 4.79. The van der Waals surface area contributed by atoms with E-state index >= 15 is 0 Å². The summed E-state index contributed by atoms with van der Waals surface area (Å²) in [5, 5.41) is 4.60. The normalized spacial score (nSPS) is 10.7. The minimum absolute atomic E-state index is 0.532. The molecule has 0 spiro atoms. The quantitative estimate of drug-likeness (QED) is 0.442. The Kier molecular flexibility index (Phi) is 5.71. The molecule has 1 heterocycles. The van der Waals surface area contributed by atoms with Gasteiger partial charge in [0.05, 0.1) is 26.8 Å². The molecule has 2 aromatic carbocycles. The first-order chi connectivity index (χ1) is 12.1. The first kappa shape index (κ1) is 17.9. The maximum absolute atomic E-state index is 11.5. The molecule has 0 saturated carbocycles. The predicted molar refractivity (Wildman–Crippen MR) is 106 cm³/mol. The van der Waals surface area contributed by atoms with Crippen LogP contribution in [-0.2, 0) is 0 Å². The summed E-state index contributed by atoms with van der Waals surface area (Å²) in [7, 11) is 0. The van der Waals surface area contributed by atoms with Crippen LogP contribution in [-0.4, -0.2) is 22.7 Å². The first-order valence-corrected chi connectivity index (χ1v) is 9.45. The van der Waals surface area contributed by atoms with Gasteiger partial charge >= 0.3 is 0 Å². The second-order valence-electron chi connectivity index (χ2n) is 5.45. The van der Waals surface area contributed by atoms with Crippen LogP contribution in [0.1, 0.15) is 23.7 Å². The molecule has 0 N–H and O–H groups in total. The lowest BCUT2D eigenvalue weighted by Crippen LogP contribution is -1.98. The molecule has 0 saturated heterocycles. The van der Waals surface area contributed by atoms with E-state index in [1.807, 2.05) is 42.5 Å². The van der Waals surface area contributed by atoms with E-state index in [1.54, 1.807) is 10.9 Å². The van der Waals surface area contributed by atoms with Gasteiger partial charge in [-0.2, -0.15) is 5.10 Å². The predicted octanol–water partition coefficient (Wildman–Crippen LogP) is 5.67.